The van der Waals surface area contributed by atoms with Gasteiger partial charge in [-0.15, -0.1) is 0 Å². The molecule has 0 N–H and O–H groups in total. The molecular formula is C23H27N2+. The molecule has 0 fully saturated rings. The molecule has 1 aromatic carbocycles. The second kappa shape index (κ2) is 8.06. The van der Waals surface area contributed by atoms with E-state index in [0.717, 1.165) is 13.0 Å². The summed E-state index contributed by atoms with van der Waals surface area (Å²) in [6, 6.07) is 17.7. The van der Waals surface area contributed by atoms with Crippen molar-refractivity contribution < 1.29 is 4.57 Å². The largest absolute Gasteiger partial charge is 0.265 e. The van der Waals surface area contributed by atoms with E-state index in [1.54, 1.807) is 0 Å². The van der Waals surface area contributed by atoms with Crippen molar-refractivity contribution in [2.24, 2.45) is 0 Å². The molecule has 2 heterocycles. The van der Waals surface area contributed by atoms with Crippen LogP contribution in [0.2, 0.25) is 0 Å². The number of rotatable bonds is 6. The molecule has 0 aliphatic heterocycles. The fourth-order valence-electron chi connectivity index (χ4n) is 3.16. The highest BCUT2D eigenvalue weighted by Gasteiger charge is 2.15. The Morgan fingerprint density at radius 3 is 2.24 bits per heavy atom. The van der Waals surface area contributed by atoms with Gasteiger partial charge in [0.1, 0.15) is 6.54 Å². The van der Waals surface area contributed by atoms with Crippen molar-refractivity contribution in [1.29, 1.82) is 0 Å². The number of pyridine rings is 2. The Kier molecular flexibility index (Phi) is 5.60. The molecule has 1 unspecified atom stereocenters. The minimum absolute atomic E-state index is 0.611. The van der Waals surface area contributed by atoms with Gasteiger partial charge in [-0.05, 0) is 53.3 Å². The van der Waals surface area contributed by atoms with Crippen LogP contribution in [-0.4, -0.2) is 4.98 Å². The smallest absolute Gasteiger partial charge is 0.213 e. The van der Waals surface area contributed by atoms with Crippen molar-refractivity contribution in [3.8, 4) is 22.4 Å². The lowest BCUT2D eigenvalue weighted by Crippen LogP contribution is -2.35. The molecule has 2 aromatic heterocycles. The Morgan fingerprint density at radius 2 is 1.60 bits per heavy atom. The van der Waals surface area contributed by atoms with Gasteiger partial charge in [-0.1, -0.05) is 32.9 Å². The zero-order valence-corrected chi connectivity index (χ0v) is 15.4. The molecule has 0 amide bonds. The maximum Gasteiger partial charge on any atom is 0.213 e. The highest BCUT2D eigenvalue weighted by molar-refractivity contribution is 5.68. The van der Waals surface area contributed by atoms with Gasteiger partial charge in [0, 0.05) is 36.5 Å². The van der Waals surface area contributed by atoms with Gasteiger partial charge in [0.15, 0.2) is 6.20 Å². The summed E-state index contributed by atoms with van der Waals surface area (Å²) in [6.07, 6.45) is 8.20. The van der Waals surface area contributed by atoms with E-state index in [1.165, 1.54) is 34.4 Å². The van der Waals surface area contributed by atoms with Gasteiger partial charge in [0.25, 0.3) is 0 Å². The lowest BCUT2D eigenvalue weighted by atomic mass is 9.96. The van der Waals surface area contributed by atoms with Gasteiger partial charge >= 0.3 is 0 Å². The third kappa shape index (κ3) is 3.96. The molecule has 25 heavy (non-hydrogen) atoms. The highest BCUT2D eigenvalue weighted by atomic mass is 14.9. The number of nitrogens with zero attached hydrogens (tertiary/aromatic N) is 2. The van der Waals surface area contributed by atoms with Gasteiger partial charge in [-0.3, -0.25) is 4.98 Å². The Bertz CT molecular complexity index is 807. The van der Waals surface area contributed by atoms with Crippen LogP contribution in [0, 0.1) is 0 Å². The topological polar surface area (TPSA) is 16.8 Å². The zero-order valence-electron chi connectivity index (χ0n) is 15.4. The van der Waals surface area contributed by atoms with Crippen LogP contribution in [0.3, 0.4) is 0 Å². The first kappa shape index (κ1) is 17.3. The minimum atomic E-state index is 0.611. The lowest BCUT2D eigenvalue weighted by molar-refractivity contribution is -0.686. The molecule has 2 heteroatoms. The summed E-state index contributed by atoms with van der Waals surface area (Å²) in [5.41, 5.74) is 6.40. The summed E-state index contributed by atoms with van der Waals surface area (Å²) in [6.45, 7) is 7.78. The second-order valence-corrected chi connectivity index (χ2v) is 6.66. The van der Waals surface area contributed by atoms with Crippen molar-refractivity contribution in [1.82, 2.24) is 4.98 Å². The van der Waals surface area contributed by atoms with Crippen molar-refractivity contribution in [3.63, 3.8) is 0 Å². The van der Waals surface area contributed by atoms with Gasteiger partial charge < -0.3 is 0 Å². The van der Waals surface area contributed by atoms with E-state index in [2.05, 4.69) is 85.1 Å². The van der Waals surface area contributed by atoms with Crippen molar-refractivity contribution >= 4 is 0 Å². The van der Waals surface area contributed by atoms with Crippen molar-refractivity contribution in [2.45, 2.75) is 46.1 Å². The average molecular weight is 331 g/mol. The van der Waals surface area contributed by atoms with Crippen LogP contribution in [0.25, 0.3) is 22.4 Å². The SMILES string of the molecule is CCC[n+]1ccc(-c2ccncc2)cc1-c1ccc(C(C)CC)cc1. The van der Waals surface area contributed by atoms with Gasteiger partial charge in [0.2, 0.25) is 5.69 Å². The fourth-order valence-corrected chi connectivity index (χ4v) is 3.16. The highest BCUT2D eigenvalue weighted by Crippen LogP contribution is 2.26. The third-order valence-electron chi connectivity index (χ3n) is 4.90. The maximum atomic E-state index is 4.13. The number of aromatic nitrogens is 2. The molecule has 1 atom stereocenters. The van der Waals surface area contributed by atoms with E-state index in [0.29, 0.717) is 5.92 Å². The van der Waals surface area contributed by atoms with Crippen LogP contribution in [0.1, 0.15) is 45.1 Å². The van der Waals surface area contributed by atoms with E-state index >= 15 is 0 Å². The lowest BCUT2D eigenvalue weighted by Gasteiger charge is -2.10. The number of hydrogen-bond donors (Lipinski definition) is 0. The quantitative estimate of drug-likeness (QED) is 0.535. The number of benzene rings is 1. The van der Waals surface area contributed by atoms with Crippen LogP contribution in [0.4, 0.5) is 0 Å². The summed E-state index contributed by atoms with van der Waals surface area (Å²) < 4.78 is 2.35. The van der Waals surface area contributed by atoms with Crippen LogP contribution >= 0.6 is 0 Å². The van der Waals surface area contributed by atoms with Crippen LogP contribution in [-0.2, 0) is 6.54 Å². The maximum absolute atomic E-state index is 4.13. The fraction of sp³-hybridized carbons (Fsp3) is 0.304. The van der Waals surface area contributed by atoms with E-state index in [-0.39, 0.29) is 0 Å². The molecule has 0 bridgehead atoms. The summed E-state index contributed by atoms with van der Waals surface area (Å²) in [4.78, 5) is 4.13. The first-order valence-electron chi connectivity index (χ1n) is 9.27. The Labute approximate surface area is 151 Å². The molecule has 3 rings (SSSR count). The van der Waals surface area contributed by atoms with Crippen molar-refractivity contribution in [2.75, 3.05) is 0 Å². The van der Waals surface area contributed by atoms with E-state index in [9.17, 15) is 0 Å². The number of aryl methyl sites for hydroxylation is 1. The average Bonchev–Trinajstić information content (AvgIpc) is 2.69. The summed E-state index contributed by atoms with van der Waals surface area (Å²) in [5.74, 6) is 0.611. The van der Waals surface area contributed by atoms with E-state index in [1.807, 2.05) is 12.4 Å². The monoisotopic (exact) mass is 331 g/mol. The van der Waals surface area contributed by atoms with Crippen LogP contribution in [0.5, 0.6) is 0 Å². The molecule has 0 radical (unpaired) electrons. The third-order valence-corrected chi connectivity index (χ3v) is 4.90. The summed E-state index contributed by atoms with van der Waals surface area (Å²) >= 11 is 0. The van der Waals surface area contributed by atoms with Crippen LogP contribution in [0.15, 0.2) is 67.1 Å². The molecule has 128 valence electrons. The summed E-state index contributed by atoms with van der Waals surface area (Å²) in [5, 5.41) is 0. The van der Waals surface area contributed by atoms with Gasteiger partial charge in [-0.2, -0.15) is 4.57 Å². The predicted molar refractivity (Wildman–Crippen MR) is 104 cm³/mol. The standard InChI is InChI=1S/C23H27N2/c1-4-15-25-16-12-22(20-10-13-24-14-11-20)17-23(25)21-8-6-19(7-9-21)18(3)5-2/h6-14,16-18H,4-5,15H2,1-3H3/q+1. The number of hydrogen-bond acceptors (Lipinski definition) is 1. The molecular weight excluding hydrogens is 304 g/mol. The predicted octanol–water partition coefficient (Wildman–Crippen LogP) is 5.63. The molecule has 0 saturated carbocycles. The Morgan fingerprint density at radius 1 is 0.880 bits per heavy atom. The molecule has 0 saturated heterocycles. The van der Waals surface area contributed by atoms with Gasteiger partial charge in [-0.25, -0.2) is 0 Å². The Balaban J connectivity index is 2.03. The first-order chi connectivity index (χ1) is 12.2. The molecule has 3 aromatic rings. The van der Waals surface area contributed by atoms with Gasteiger partial charge in [0.05, 0.1) is 0 Å². The molecule has 0 aliphatic carbocycles. The second-order valence-electron chi connectivity index (χ2n) is 6.66. The molecule has 0 aliphatic rings. The van der Waals surface area contributed by atoms with E-state index in [4.69, 9.17) is 0 Å². The summed E-state index contributed by atoms with van der Waals surface area (Å²) in [7, 11) is 0. The van der Waals surface area contributed by atoms with Crippen molar-refractivity contribution in [3.05, 3.63) is 72.7 Å². The minimum Gasteiger partial charge on any atom is -0.265 e. The normalized spacial score (nSPS) is 12.1. The first-order valence-corrected chi connectivity index (χ1v) is 9.27. The Hall–Kier alpha value is -2.48. The van der Waals surface area contributed by atoms with E-state index < -0.39 is 0 Å². The molecule has 2 nitrogen and oxygen atoms in total. The zero-order chi connectivity index (χ0) is 17.6. The van der Waals surface area contributed by atoms with Crippen LogP contribution < -0.4 is 4.57 Å². The molecule has 0 spiro atoms.